The summed E-state index contributed by atoms with van der Waals surface area (Å²) < 4.78 is 45.7. The number of hydrogen-bond acceptors (Lipinski definition) is 8. The molecule has 2 aromatic rings. The van der Waals surface area contributed by atoms with Gasteiger partial charge in [0.2, 0.25) is 5.95 Å². The van der Waals surface area contributed by atoms with Gasteiger partial charge in [-0.05, 0) is 29.1 Å². The molecule has 4 rings (SSSR count). The number of ether oxygens (including phenoxy) is 1. The zero-order chi connectivity index (χ0) is 26.8. The summed E-state index contributed by atoms with van der Waals surface area (Å²) in [6.07, 6.45) is -1.17. The third-order valence-corrected chi connectivity index (χ3v) is 18.1. The largest absolute Gasteiger partial charge is 0.414 e. The summed E-state index contributed by atoms with van der Waals surface area (Å²) in [5.41, 5.74) is 5.01. The van der Waals surface area contributed by atoms with Crippen LogP contribution in [-0.2, 0) is 17.7 Å². The SMILES string of the molecule is CC(C)[Si]1(C(C)C)OC[C@H]2O[C@@H](n3cnc4c(Cl)nc(N)nc43)[C@](C)(F)[C@@H]2O[Si](C(C)C)(C(C)C)O1. The second-order valence-electron chi connectivity index (χ2n) is 11.4. The van der Waals surface area contributed by atoms with Crippen molar-refractivity contribution >= 4 is 45.8 Å². The van der Waals surface area contributed by atoms with E-state index in [9.17, 15) is 0 Å². The Morgan fingerprint density at radius 1 is 1.06 bits per heavy atom. The highest BCUT2D eigenvalue weighted by Gasteiger charge is 2.65. The highest BCUT2D eigenvalue weighted by Crippen LogP contribution is 2.52. The van der Waals surface area contributed by atoms with Crippen molar-refractivity contribution in [2.45, 2.75) is 109 Å². The van der Waals surface area contributed by atoms with Crippen molar-refractivity contribution in [2.24, 2.45) is 0 Å². The van der Waals surface area contributed by atoms with Gasteiger partial charge in [0, 0.05) is 0 Å². The first kappa shape index (κ1) is 27.9. The third kappa shape index (κ3) is 4.22. The van der Waals surface area contributed by atoms with Crippen LogP contribution in [0, 0.1) is 0 Å². The molecule has 0 aliphatic carbocycles. The molecular formula is C23H39ClFN5O4Si2. The number of hydrogen-bond donors (Lipinski definition) is 1. The van der Waals surface area contributed by atoms with Crippen LogP contribution < -0.4 is 5.73 Å². The van der Waals surface area contributed by atoms with Crippen molar-refractivity contribution in [3.63, 3.8) is 0 Å². The van der Waals surface area contributed by atoms with Crippen molar-refractivity contribution in [1.29, 1.82) is 0 Å². The number of rotatable bonds is 5. The molecule has 4 atom stereocenters. The van der Waals surface area contributed by atoms with Gasteiger partial charge in [0.25, 0.3) is 0 Å². The summed E-state index contributed by atoms with van der Waals surface area (Å²) in [6, 6.07) is 0. The molecule has 202 valence electrons. The summed E-state index contributed by atoms with van der Waals surface area (Å²) in [4.78, 5) is 12.5. The zero-order valence-corrected chi connectivity index (χ0v) is 25.3. The number of halogens is 2. The van der Waals surface area contributed by atoms with E-state index in [1.54, 1.807) is 0 Å². The van der Waals surface area contributed by atoms with Gasteiger partial charge in [-0.15, -0.1) is 0 Å². The van der Waals surface area contributed by atoms with Crippen LogP contribution >= 0.6 is 11.6 Å². The van der Waals surface area contributed by atoms with Gasteiger partial charge in [0.1, 0.15) is 17.7 Å². The van der Waals surface area contributed by atoms with E-state index in [2.05, 4.69) is 70.3 Å². The fraction of sp³-hybridized carbons (Fsp3) is 0.783. The van der Waals surface area contributed by atoms with Gasteiger partial charge >= 0.3 is 17.1 Å². The molecule has 0 saturated carbocycles. The molecule has 2 N–H and O–H groups in total. The van der Waals surface area contributed by atoms with Gasteiger partial charge in [-0.3, -0.25) is 4.57 Å². The van der Waals surface area contributed by atoms with E-state index >= 15 is 4.39 Å². The van der Waals surface area contributed by atoms with Gasteiger partial charge < -0.3 is 23.4 Å². The molecule has 0 radical (unpaired) electrons. The molecule has 0 aromatic carbocycles. The average molecular weight is 560 g/mol. The number of nitrogen functional groups attached to an aromatic ring is 1. The van der Waals surface area contributed by atoms with Gasteiger partial charge in [-0.2, -0.15) is 9.97 Å². The Hall–Kier alpha value is -1.16. The predicted molar refractivity (Wildman–Crippen MR) is 142 cm³/mol. The molecule has 0 bridgehead atoms. The first-order chi connectivity index (χ1) is 16.7. The quantitative estimate of drug-likeness (QED) is 0.370. The number of nitrogens with zero attached hydrogens (tertiary/aromatic N) is 4. The molecular weight excluding hydrogens is 521 g/mol. The topological polar surface area (TPSA) is 107 Å². The van der Waals surface area contributed by atoms with E-state index in [4.69, 9.17) is 35.0 Å². The normalized spacial score (nSPS) is 30.4. The van der Waals surface area contributed by atoms with Crippen molar-refractivity contribution in [3.8, 4) is 0 Å². The van der Waals surface area contributed by atoms with Crippen LogP contribution in [0.15, 0.2) is 6.33 Å². The van der Waals surface area contributed by atoms with Crippen molar-refractivity contribution < 1.29 is 22.1 Å². The van der Waals surface area contributed by atoms with Crippen LogP contribution in [0.1, 0.15) is 68.5 Å². The van der Waals surface area contributed by atoms with Crippen LogP contribution in [0.5, 0.6) is 0 Å². The Balaban J connectivity index is 1.83. The number of nitrogens with two attached hydrogens (primary N) is 1. The van der Waals surface area contributed by atoms with E-state index in [-0.39, 0.29) is 39.9 Å². The van der Waals surface area contributed by atoms with Gasteiger partial charge in [-0.25, -0.2) is 9.37 Å². The summed E-state index contributed by atoms with van der Waals surface area (Å²) >= 11 is 6.22. The van der Waals surface area contributed by atoms with Gasteiger partial charge in [0.15, 0.2) is 22.7 Å². The molecule has 2 aliphatic rings. The Kier molecular flexibility index (Phi) is 7.39. The lowest BCUT2D eigenvalue weighted by molar-refractivity contribution is -0.0594. The first-order valence-corrected chi connectivity index (χ1v) is 17.0. The van der Waals surface area contributed by atoms with Gasteiger partial charge in [0.05, 0.1) is 12.9 Å². The maximum Gasteiger partial charge on any atom is 0.335 e. The molecule has 2 aromatic heterocycles. The smallest absolute Gasteiger partial charge is 0.335 e. The highest BCUT2D eigenvalue weighted by molar-refractivity contribution is 6.84. The lowest BCUT2D eigenvalue weighted by Crippen LogP contribution is -2.66. The summed E-state index contributed by atoms with van der Waals surface area (Å²) in [7, 11) is -5.79. The molecule has 0 unspecified atom stereocenters. The number of fused-ring (bicyclic) bond motifs is 2. The van der Waals surface area contributed by atoms with Crippen LogP contribution in [0.2, 0.25) is 27.3 Å². The second-order valence-corrected chi connectivity index (χ2v) is 20.6. The molecule has 9 nitrogen and oxygen atoms in total. The van der Waals surface area contributed by atoms with Crippen molar-refractivity contribution in [2.75, 3.05) is 12.3 Å². The lowest BCUT2D eigenvalue weighted by atomic mass is 9.98. The number of imidazole rings is 1. The van der Waals surface area contributed by atoms with E-state index in [1.807, 2.05) is 0 Å². The molecule has 36 heavy (non-hydrogen) atoms. The summed E-state index contributed by atoms with van der Waals surface area (Å²) in [6.45, 7) is 18.7. The van der Waals surface area contributed by atoms with E-state index in [0.29, 0.717) is 11.2 Å². The van der Waals surface area contributed by atoms with Crippen LogP contribution in [0.3, 0.4) is 0 Å². The van der Waals surface area contributed by atoms with E-state index in [1.165, 1.54) is 17.8 Å². The first-order valence-electron chi connectivity index (χ1n) is 12.7. The average Bonchev–Trinajstić information content (AvgIpc) is 3.25. The Bertz CT molecular complexity index is 1100. The monoisotopic (exact) mass is 559 g/mol. The molecule has 13 heteroatoms. The fourth-order valence-electron chi connectivity index (χ4n) is 5.72. The van der Waals surface area contributed by atoms with E-state index in [0.717, 1.165) is 0 Å². The Morgan fingerprint density at radius 2 is 1.64 bits per heavy atom. The second kappa shape index (κ2) is 9.55. The minimum atomic E-state index is -3.02. The highest BCUT2D eigenvalue weighted by atomic mass is 35.5. The van der Waals surface area contributed by atoms with Gasteiger partial charge in [-0.1, -0.05) is 67.0 Å². The minimum Gasteiger partial charge on any atom is -0.414 e. The van der Waals surface area contributed by atoms with Crippen molar-refractivity contribution in [3.05, 3.63) is 11.5 Å². The standard InChI is InChI=1S/C23H39ClFN5O4Si2/c1-12(2)35(13(3)4)31-10-16-18(33-36(34-35,14(5)6)15(7)8)23(9,25)21(32-16)30-11-27-17-19(24)28-22(26)29-20(17)30/h11-16,18,21H,10H2,1-9H3,(H2,26,28,29)/t16-,18-,21-,23-/m1/s1. The molecule has 2 aliphatic heterocycles. The summed E-state index contributed by atoms with van der Waals surface area (Å²) in [5, 5.41) is 0.101. The summed E-state index contributed by atoms with van der Waals surface area (Å²) in [5.74, 6) is -0.0255. The fourth-order valence-corrected chi connectivity index (χ4v) is 17.2. The number of anilines is 1. The molecule has 2 saturated heterocycles. The van der Waals surface area contributed by atoms with Crippen LogP contribution in [0.25, 0.3) is 11.2 Å². The number of aromatic nitrogens is 4. The maximum absolute atomic E-state index is 16.9. The number of alkyl halides is 1. The van der Waals surface area contributed by atoms with Crippen LogP contribution in [0.4, 0.5) is 10.3 Å². The Labute approximate surface area is 219 Å². The lowest BCUT2D eigenvalue weighted by Gasteiger charge is -2.51. The van der Waals surface area contributed by atoms with Crippen molar-refractivity contribution in [1.82, 2.24) is 19.5 Å². The third-order valence-electron chi connectivity index (χ3n) is 7.65. The molecule has 4 heterocycles. The molecule has 2 fully saturated rings. The zero-order valence-electron chi connectivity index (χ0n) is 22.6. The predicted octanol–water partition coefficient (Wildman–Crippen LogP) is 5.64. The molecule has 0 spiro atoms. The minimum absolute atomic E-state index is 0.0255. The Morgan fingerprint density at radius 3 is 2.19 bits per heavy atom. The van der Waals surface area contributed by atoms with E-state index < -0.39 is 41.2 Å². The molecule has 0 amide bonds. The maximum atomic E-state index is 16.9. The van der Waals surface area contributed by atoms with Crippen LogP contribution in [-0.4, -0.2) is 61.1 Å².